The molecule has 4 nitrogen and oxygen atoms in total. The normalized spacial score (nSPS) is 18.0. The Hall–Kier alpha value is -2.20. The summed E-state index contributed by atoms with van der Waals surface area (Å²) >= 11 is 0. The van der Waals surface area contributed by atoms with Crippen molar-refractivity contribution in [3.05, 3.63) is 59.3 Å². The van der Waals surface area contributed by atoms with Crippen LogP contribution in [-0.4, -0.2) is 26.4 Å². The molecule has 1 fully saturated rings. The van der Waals surface area contributed by atoms with Gasteiger partial charge in [-0.2, -0.15) is 0 Å². The number of benzene rings is 1. The van der Waals surface area contributed by atoms with Gasteiger partial charge >= 0.3 is 0 Å². The lowest BCUT2D eigenvalue weighted by Crippen LogP contribution is -2.31. The summed E-state index contributed by atoms with van der Waals surface area (Å²) in [6.45, 7) is 2.97. The number of hydrogen-bond donors (Lipinski definition) is 1. The average Bonchev–Trinajstić information content (AvgIpc) is 3.31. The number of fused-ring (bicyclic) bond motifs is 2. The smallest absolute Gasteiger partial charge is 0.128 e. The highest BCUT2D eigenvalue weighted by atomic mass is 15.1. The number of nitrogens with zero attached hydrogens (tertiary/aromatic N) is 3. The van der Waals surface area contributed by atoms with E-state index >= 15 is 0 Å². The molecule has 1 aliphatic carbocycles. The lowest BCUT2D eigenvalue weighted by Gasteiger charge is -2.27. The summed E-state index contributed by atoms with van der Waals surface area (Å²) in [5.74, 6) is 1.89. The second-order valence-corrected chi connectivity index (χ2v) is 7.25. The molecule has 4 heteroatoms. The molecule has 0 amide bonds. The minimum Gasteiger partial charge on any atom is -0.357 e. The van der Waals surface area contributed by atoms with Crippen molar-refractivity contribution in [3.63, 3.8) is 0 Å². The SMILES string of the molecule is c1ccc2[nH]c(CN3CCc4cnc(CC5CC5)nc4C3)cc2c1. The summed E-state index contributed by atoms with van der Waals surface area (Å²) in [5.41, 5.74) is 5.08. The molecule has 0 radical (unpaired) electrons. The van der Waals surface area contributed by atoms with Crippen LogP contribution in [0.1, 0.15) is 35.6 Å². The largest absolute Gasteiger partial charge is 0.357 e. The minimum absolute atomic E-state index is 0.842. The van der Waals surface area contributed by atoms with E-state index in [-0.39, 0.29) is 0 Å². The fraction of sp³-hybridized carbons (Fsp3) is 0.400. The van der Waals surface area contributed by atoms with Gasteiger partial charge in [0.1, 0.15) is 5.82 Å². The molecule has 1 saturated carbocycles. The zero-order valence-electron chi connectivity index (χ0n) is 13.8. The summed E-state index contributed by atoms with van der Waals surface area (Å²) in [5, 5.41) is 1.29. The first-order chi connectivity index (χ1) is 11.8. The van der Waals surface area contributed by atoms with Gasteiger partial charge in [-0.1, -0.05) is 18.2 Å². The maximum atomic E-state index is 4.87. The molecular weight excluding hydrogens is 296 g/mol. The van der Waals surface area contributed by atoms with Crippen molar-refractivity contribution >= 4 is 10.9 Å². The average molecular weight is 318 g/mol. The topological polar surface area (TPSA) is 44.8 Å². The molecule has 1 N–H and O–H groups in total. The Balaban J connectivity index is 1.33. The van der Waals surface area contributed by atoms with Gasteiger partial charge in [0.05, 0.1) is 5.69 Å². The number of aromatic nitrogens is 3. The van der Waals surface area contributed by atoms with Crippen LogP contribution in [0.2, 0.25) is 0 Å². The van der Waals surface area contributed by atoms with Gasteiger partial charge in [-0.3, -0.25) is 4.90 Å². The number of nitrogens with one attached hydrogen (secondary N) is 1. The molecule has 122 valence electrons. The molecule has 3 aromatic rings. The molecule has 24 heavy (non-hydrogen) atoms. The van der Waals surface area contributed by atoms with Crippen LogP contribution in [0.4, 0.5) is 0 Å². The molecule has 3 heterocycles. The van der Waals surface area contributed by atoms with E-state index < -0.39 is 0 Å². The molecule has 5 rings (SSSR count). The molecule has 2 aromatic heterocycles. The van der Waals surface area contributed by atoms with Crippen molar-refractivity contribution in [2.24, 2.45) is 5.92 Å². The quantitative estimate of drug-likeness (QED) is 0.801. The van der Waals surface area contributed by atoms with Crippen molar-refractivity contribution < 1.29 is 0 Å². The fourth-order valence-corrected chi connectivity index (χ4v) is 3.67. The third-order valence-electron chi connectivity index (χ3n) is 5.22. The Kier molecular flexibility index (Phi) is 3.37. The van der Waals surface area contributed by atoms with Crippen LogP contribution in [0.15, 0.2) is 36.5 Å². The van der Waals surface area contributed by atoms with E-state index in [1.807, 2.05) is 0 Å². The van der Waals surface area contributed by atoms with Crippen LogP contribution < -0.4 is 0 Å². The molecule has 0 atom stereocenters. The first-order valence-electron chi connectivity index (χ1n) is 8.96. The highest BCUT2D eigenvalue weighted by Gasteiger charge is 2.24. The van der Waals surface area contributed by atoms with Gasteiger partial charge in [-0.25, -0.2) is 9.97 Å². The number of hydrogen-bond acceptors (Lipinski definition) is 3. The van der Waals surface area contributed by atoms with Crippen LogP contribution in [-0.2, 0) is 25.9 Å². The number of rotatable bonds is 4. The van der Waals surface area contributed by atoms with Crippen molar-refractivity contribution in [2.45, 2.75) is 38.8 Å². The zero-order chi connectivity index (χ0) is 15.9. The van der Waals surface area contributed by atoms with E-state index in [1.165, 1.54) is 40.7 Å². The summed E-state index contributed by atoms with van der Waals surface area (Å²) in [4.78, 5) is 15.5. The molecule has 0 saturated heterocycles. The number of para-hydroxylation sites is 1. The van der Waals surface area contributed by atoms with E-state index in [2.05, 4.69) is 51.4 Å². The van der Waals surface area contributed by atoms with Crippen molar-refractivity contribution in [3.8, 4) is 0 Å². The summed E-state index contributed by atoms with van der Waals surface area (Å²) < 4.78 is 0. The second kappa shape index (κ2) is 5.71. The Morgan fingerprint density at radius 3 is 3.00 bits per heavy atom. The van der Waals surface area contributed by atoms with Crippen LogP contribution in [0.5, 0.6) is 0 Å². The van der Waals surface area contributed by atoms with Crippen molar-refractivity contribution in [1.82, 2.24) is 19.9 Å². The molecule has 0 spiro atoms. The second-order valence-electron chi connectivity index (χ2n) is 7.25. The first kappa shape index (κ1) is 14.2. The first-order valence-corrected chi connectivity index (χ1v) is 8.96. The standard InChI is InChI=1S/C20H22N4/c1-2-4-18-15(3-1)10-17(22-18)12-24-8-7-16-11-21-20(9-14-5-6-14)23-19(16)13-24/h1-4,10-11,14,22H,5-9,12-13H2. The molecule has 0 bridgehead atoms. The molecular formula is C20H22N4. The van der Waals surface area contributed by atoms with E-state index in [4.69, 9.17) is 4.98 Å². The Labute approximate surface area is 141 Å². The van der Waals surface area contributed by atoms with Gasteiger partial charge < -0.3 is 4.98 Å². The highest BCUT2D eigenvalue weighted by Crippen LogP contribution is 2.32. The predicted octanol–water partition coefficient (Wildman–Crippen LogP) is 3.47. The monoisotopic (exact) mass is 318 g/mol. The lowest BCUT2D eigenvalue weighted by atomic mass is 10.1. The van der Waals surface area contributed by atoms with Gasteiger partial charge in [-0.05, 0) is 48.3 Å². The predicted molar refractivity (Wildman–Crippen MR) is 94.6 cm³/mol. The Bertz CT molecular complexity index is 845. The lowest BCUT2D eigenvalue weighted by molar-refractivity contribution is 0.238. The van der Waals surface area contributed by atoms with E-state index in [0.29, 0.717) is 0 Å². The van der Waals surface area contributed by atoms with Gasteiger partial charge in [-0.15, -0.1) is 0 Å². The minimum atomic E-state index is 0.842. The third-order valence-corrected chi connectivity index (χ3v) is 5.22. The maximum absolute atomic E-state index is 4.87. The fourth-order valence-electron chi connectivity index (χ4n) is 3.67. The summed E-state index contributed by atoms with van der Waals surface area (Å²) in [6.07, 6.45) is 6.90. The van der Waals surface area contributed by atoms with Crippen molar-refractivity contribution in [2.75, 3.05) is 6.54 Å². The van der Waals surface area contributed by atoms with E-state index in [0.717, 1.165) is 44.2 Å². The molecule has 0 unspecified atom stereocenters. The summed E-state index contributed by atoms with van der Waals surface area (Å²) in [6, 6.07) is 10.7. The van der Waals surface area contributed by atoms with Gasteiger partial charge in [0.25, 0.3) is 0 Å². The Morgan fingerprint density at radius 1 is 1.21 bits per heavy atom. The number of H-pyrrole nitrogens is 1. The highest BCUT2D eigenvalue weighted by molar-refractivity contribution is 5.80. The van der Waals surface area contributed by atoms with Gasteiger partial charge in [0, 0.05) is 43.5 Å². The van der Waals surface area contributed by atoms with Crippen LogP contribution in [0.25, 0.3) is 10.9 Å². The molecule has 1 aromatic carbocycles. The van der Waals surface area contributed by atoms with Crippen molar-refractivity contribution in [1.29, 1.82) is 0 Å². The zero-order valence-corrected chi connectivity index (χ0v) is 13.8. The van der Waals surface area contributed by atoms with Gasteiger partial charge in [0.2, 0.25) is 0 Å². The summed E-state index contributed by atoms with van der Waals surface area (Å²) in [7, 11) is 0. The molecule has 2 aliphatic rings. The third kappa shape index (κ3) is 2.82. The number of aromatic amines is 1. The van der Waals surface area contributed by atoms with Crippen LogP contribution in [0.3, 0.4) is 0 Å². The van der Waals surface area contributed by atoms with Gasteiger partial charge in [0.15, 0.2) is 0 Å². The van der Waals surface area contributed by atoms with Crippen LogP contribution in [0, 0.1) is 5.92 Å². The van der Waals surface area contributed by atoms with E-state index in [1.54, 1.807) is 0 Å². The van der Waals surface area contributed by atoms with E-state index in [9.17, 15) is 0 Å². The molecule has 1 aliphatic heterocycles. The Morgan fingerprint density at radius 2 is 2.12 bits per heavy atom. The maximum Gasteiger partial charge on any atom is 0.128 e. The van der Waals surface area contributed by atoms with Crippen LogP contribution >= 0.6 is 0 Å².